The summed E-state index contributed by atoms with van der Waals surface area (Å²) >= 11 is 6.24. The molecule has 3 aliphatic rings. The van der Waals surface area contributed by atoms with Gasteiger partial charge < -0.3 is 9.80 Å². The normalized spacial score (nSPS) is 25.6. The van der Waals surface area contributed by atoms with Crippen LogP contribution in [0.1, 0.15) is 64.0 Å². The number of hydrogen-bond donors (Lipinski definition) is 0. The average Bonchev–Trinajstić information content (AvgIpc) is 3.03. The lowest BCUT2D eigenvalue weighted by molar-refractivity contribution is 0.135. The summed E-state index contributed by atoms with van der Waals surface area (Å²) in [6, 6.07) is 12.7. The summed E-state index contributed by atoms with van der Waals surface area (Å²) in [6.07, 6.45) is 6.88. The minimum Gasteiger partial charge on any atom is -0.378 e. The van der Waals surface area contributed by atoms with E-state index in [0.717, 1.165) is 36.4 Å². The summed E-state index contributed by atoms with van der Waals surface area (Å²) in [4.78, 5) is 4.71. The summed E-state index contributed by atoms with van der Waals surface area (Å²) in [5, 5.41) is 0.663. The summed E-state index contributed by atoms with van der Waals surface area (Å²) in [7, 11) is -3.78. The van der Waals surface area contributed by atoms with Crippen LogP contribution in [0.5, 0.6) is 0 Å². The Morgan fingerprint density at radius 2 is 1.31 bits per heavy atom. The number of fused-ring (bicyclic) bond motifs is 1. The van der Waals surface area contributed by atoms with Crippen LogP contribution >= 0.6 is 11.6 Å². The topological polar surface area (TPSA) is 84.5 Å². The third kappa shape index (κ3) is 9.33. The Hall–Kier alpha value is -1.73. The Balaban J connectivity index is 1.44. The molecule has 9 nitrogen and oxygen atoms in total. The van der Waals surface area contributed by atoms with E-state index in [9.17, 15) is 16.8 Å². The van der Waals surface area contributed by atoms with Crippen LogP contribution in [0, 0.1) is 23.7 Å². The Morgan fingerprint density at radius 1 is 0.729 bits per heavy atom. The highest BCUT2D eigenvalue weighted by molar-refractivity contribution is 7.89. The van der Waals surface area contributed by atoms with E-state index < -0.39 is 20.2 Å². The number of halogens is 1. The molecule has 12 heteroatoms. The molecule has 0 bridgehead atoms. The van der Waals surface area contributed by atoms with Gasteiger partial charge in [0.25, 0.3) is 10.2 Å². The zero-order chi connectivity index (χ0) is 34.6. The maximum Gasteiger partial charge on any atom is 0.282 e. The fourth-order valence-electron chi connectivity index (χ4n) is 7.86. The second kappa shape index (κ2) is 16.1. The molecule has 0 spiro atoms. The van der Waals surface area contributed by atoms with Gasteiger partial charge in [0.1, 0.15) is 0 Å². The van der Waals surface area contributed by atoms with Gasteiger partial charge in [-0.1, -0.05) is 57.7 Å². The summed E-state index contributed by atoms with van der Waals surface area (Å²) < 4.78 is 62.2. The number of nitrogens with zero attached hydrogens (tertiary/aromatic N) is 5. The van der Waals surface area contributed by atoms with Crippen molar-refractivity contribution in [1.82, 2.24) is 17.8 Å². The Kier molecular flexibility index (Phi) is 12.6. The maximum atomic E-state index is 14.4. The molecule has 3 atom stereocenters. The van der Waals surface area contributed by atoms with Gasteiger partial charge in [-0.15, -0.1) is 0 Å². The van der Waals surface area contributed by atoms with Crippen molar-refractivity contribution in [3.05, 3.63) is 58.6 Å². The standard InChI is InChI=1S/C36H56ClN5O4S2/c1-28-20-39(26-31-9-7-6-8-10-31)21-29(2)24-42(48(45,46)40-18-17-32-19-34(37)12-11-33(32)27-40)25-30(3)23-41(22-28)47(43,44)36-15-13-35(14-16-36)38(4)5/h11-16,19,28-31H,6-10,17-18,20-27H2,1-5H3/t28-,29-,30-/m0/s1. The fourth-order valence-corrected chi connectivity index (χ4v) is 11.6. The van der Waals surface area contributed by atoms with Crippen molar-refractivity contribution < 1.29 is 16.8 Å². The molecule has 1 saturated carbocycles. The van der Waals surface area contributed by atoms with Gasteiger partial charge in [0.2, 0.25) is 10.0 Å². The molecule has 0 radical (unpaired) electrons. The monoisotopic (exact) mass is 721 g/mol. The van der Waals surface area contributed by atoms with Crippen molar-refractivity contribution in [2.45, 2.75) is 70.7 Å². The van der Waals surface area contributed by atoms with E-state index in [1.807, 2.05) is 56.3 Å². The zero-order valence-electron chi connectivity index (χ0n) is 29.5. The number of rotatable bonds is 7. The maximum absolute atomic E-state index is 14.4. The van der Waals surface area contributed by atoms with E-state index in [2.05, 4.69) is 18.7 Å². The first-order valence-electron chi connectivity index (χ1n) is 17.7. The quantitative estimate of drug-likeness (QED) is 0.359. The first kappa shape index (κ1) is 37.5. The molecule has 1 saturated heterocycles. The lowest BCUT2D eigenvalue weighted by Gasteiger charge is -2.39. The van der Waals surface area contributed by atoms with Crippen molar-refractivity contribution in [1.29, 1.82) is 0 Å². The van der Waals surface area contributed by atoms with Crippen LogP contribution in [0.3, 0.4) is 0 Å². The lowest BCUT2D eigenvalue weighted by atomic mass is 9.88. The first-order chi connectivity index (χ1) is 22.7. The van der Waals surface area contributed by atoms with Crippen LogP contribution in [-0.2, 0) is 33.2 Å². The Morgan fingerprint density at radius 3 is 1.92 bits per heavy atom. The third-order valence-electron chi connectivity index (χ3n) is 10.2. The molecule has 0 amide bonds. The number of hydrogen-bond acceptors (Lipinski definition) is 6. The van der Waals surface area contributed by atoms with Gasteiger partial charge in [-0.3, -0.25) is 0 Å². The van der Waals surface area contributed by atoms with Crippen LogP contribution in [0.25, 0.3) is 0 Å². The second-order valence-corrected chi connectivity index (χ2v) is 19.4. The fraction of sp³-hybridized carbons (Fsp3) is 0.667. The molecule has 1 aliphatic carbocycles. The van der Waals surface area contributed by atoms with Crippen LogP contribution in [0.15, 0.2) is 47.4 Å². The third-order valence-corrected chi connectivity index (χ3v) is 14.2. The molecule has 2 aromatic carbocycles. The number of benzene rings is 2. The van der Waals surface area contributed by atoms with E-state index in [0.29, 0.717) is 43.5 Å². The van der Waals surface area contributed by atoms with E-state index in [1.165, 1.54) is 32.1 Å². The molecule has 48 heavy (non-hydrogen) atoms. The molecular weight excluding hydrogens is 666 g/mol. The van der Waals surface area contributed by atoms with Crippen molar-refractivity contribution in [2.24, 2.45) is 23.7 Å². The number of sulfonamides is 1. The predicted octanol–water partition coefficient (Wildman–Crippen LogP) is 5.81. The molecule has 2 heterocycles. The van der Waals surface area contributed by atoms with Crippen molar-refractivity contribution >= 4 is 37.5 Å². The highest BCUT2D eigenvalue weighted by atomic mass is 35.5. The lowest BCUT2D eigenvalue weighted by Crippen LogP contribution is -2.51. The van der Waals surface area contributed by atoms with Crippen LogP contribution in [0.4, 0.5) is 5.69 Å². The van der Waals surface area contributed by atoms with Crippen LogP contribution in [-0.4, -0.2) is 101 Å². The molecular formula is C36H56ClN5O4S2. The Labute approximate surface area is 295 Å². The molecule has 2 fully saturated rings. The van der Waals surface area contributed by atoms with Crippen molar-refractivity contribution in [2.75, 3.05) is 71.4 Å². The van der Waals surface area contributed by atoms with Gasteiger partial charge in [0.05, 0.1) is 4.90 Å². The van der Waals surface area contributed by atoms with E-state index in [-0.39, 0.29) is 35.7 Å². The SMILES string of the molecule is C[C@H]1CN(CC2CCCCC2)C[C@H](C)CN(S(=O)(=O)N2CCc3cc(Cl)ccc3C2)C[C@@H](C)CN(S(=O)(=O)c2ccc(N(C)C)cc2)C1. The molecule has 0 N–H and O–H groups in total. The van der Waals surface area contributed by atoms with Crippen molar-refractivity contribution in [3.8, 4) is 0 Å². The first-order valence-corrected chi connectivity index (χ1v) is 21.0. The van der Waals surface area contributed by atoms with Gasteiger partial charge >= 0.3 is 0 Å². The van der Waals surface area contributed by atoms with Gasteiger partial charge in [0, 0.05) is 83.7 Å². The van der Waals surface area contributed by atoms with Crippen molar-refractivity contribution in [3.63, 3.8) is 0 Å². The summed E-state index contributed by atoms with van der Waals surface area (Å²) in [5.41, 5.74) is 3.01. The Bertz CT molecular complexity index is 1580. The molecule has 2 aliphatic heterocycles. The van der Waals surface area contributed by atoms with Gasteiger partial charge in [-0.2, -0.15) is 21.3 Å². The van der Waals surface area contributed by atoms with E-state index in [4.69, 9.17) is 11.6 Å². The van der Waals surface area contributed by atoms with E-state index >= 15 is 0 Å². The van der Waals surface area contributed by atoms with Crippen LogP contribution in [0.2, 0.25) is 5.02 Å². The van der Waals surface area contributed by atoms with Crippen LogP contribution < -0.4 is 4.90 Å². The molecule has 268 valence electrons. The minimum atomic E-state index is -3.82. The predicted molar refractivity (Wildman–Crippen MR) is 196 cm³/mol. The zero-order valence-corrected chi connectivity index (χ0v) is 31.9. The van der Waals surface area contributed by atoms with Gasteiger partial charge in [-0.25, -0.2) is 8.42 Å². The molecule has 0 unspecified atom stereocenters. The summed E-state index contributed by atoms with van der Waals surface area (Å²) in [5.74, 6) is 0.643. The highest BCUT2D eigenvalue weighted by Gasteiger charge is 2.37. The molecule has 5 rings (SSSR count). The average molecular weight is 722 g/mol. The van der Waals surface area contributed by atoms with E-state index in [1.54, 1.807) is 25.0 Å². The highest BCUT2D eigenvalue weighted by Crippen LogP contribution is 2.29. The van der Waals surface area contributed by atoms with Gasteiger partial charge in [0.15, 0.2) is 0 Å². The number of anilines is 1. The van der Waals surface area contributed by atoms with Gasteiger partial charge in [-0.05, 0) is 90.5 Å². The molecule has 0 aromatic heterocycles. The largest absolute Gasteiger partial charge is 0.378 e. The molecule has 2 aromatic rings. The second-order valence-electron chi connectivity index (χ2n) is 15.1. The minimum absolute atomic E-state index is 0.116. The summed E-state index contributed by atoms with van der Waals surface area (Å²) in [6.45, 7) is 10.8. The smallest absolute Gasteiger partial charge is 0.282 e.